The fourth-order valence-corrected chi connectivity index (χ4v) is 4.94. The Balaban J connectivity index is 1.87. The quantitative estimate of drug-likeness (QED) is 0.138. The molecule has 1 atom stereocenters. The summed E-state index contributed by atoms with van der Waals surface area (Å²) in [4.78, 5) is 11.9. The van der Waals surface area contributed by atoms with Crippen LogP contribution in [0.25, 0.3) is 0 Å². The van der Waals surface area contributed by atoms with Crippen molar-refractivity contribution in [1.82, 2.24) is 0 Å². The van der Waals surface area contributed by atoms with Crippen LogP contribution < -0.4 is 4.89 Å². The summed E-state index contributed by atoms with van der Waals surface area (Å²) in [5.74, 6) is 0. The molecule has 1 aliphatic rings. The average molecular weight is 434 g/mol. The van der Waals surface area contributed by atoms with E-state index in [-0.39, 0.29) is 13.2 Å². The van der Waals surface area contributed by atoms with Gasteiger partial charge < -0.3 is 18.4 Å². The highest BCUT2D eigenvalue weighted by Crippen LogP contribution is 2.38. The van der Waals surface area contributed by atoms with Crippen LogP contribution in [0.1, 0.15) is 110 Å². The summed E-state index contributed by atoms with van der Waals surface area (Å²) in [6.07, 6.45) is 20.3. The van der Waals surface area contributed by atoms with Crippen LogP contribution in [0.4, 0.5) is 0 Å². The minimum Gasteiger partial charge on any atom is -0.756 e. The molecule has 0 N–H and O–H groups in total. The van der Waals surface area contributed by atoms with Gasteiger partial charge in [0.1, 0.15) is 13.2 Å². The molecule has 0 aliphatic carbocycles. The zero-order valence-corrected chi connectivity index (χ0v) is 20.3. The van der Waals surface area contributed by atoms with Gasteiger partial charge in [0, 0.05) is 0 Å². The van der Waals surface area contributed by atoms with Crippen molar-refractivity contribution in [1.29, 1.82) is 0 Å². The fourth-order valence-electron chi connectivity index (χ4n) is 4.21. The Morgan fingerprint density at radius 2 is 1.17 bits per heavy atom. The maximum Gasteiger partial charge on any atom is 0.268 e. The minimum atomic E-state index is -4.13. The maximum atomic E-state index is 11.9. The number of nitrogens with zero attached hydrogens (tertiary/aromatic N) is 1. The van der Waals surface area contributed by atoms with Crippen LogP contribution in [0.2, 0.25) is 0 Å². The number of piperidine rings is 1. The Hall–Kier alpha value is 0.0700. The van der Waals surface area contributed by atoms with E-state index in [2.05, 4.69) is 14.0 Å². The number of likely N-dealkylation sites (tertiary alicyclic amines) is 1. The molecule has 0 aromatic rings. The largest absolute Gasteiger partial charge is 0.756 e. The highest BCUT2D eigenvalue weighted by atomic mass is 31.2. The number of unbranched alkanes of at least 4 members (excludes halogenated alkanes) is 12. The molecule has 0 aromatic carbocycles. The summed E-state index contributed by atoms with van der Waals surface area (Å²) in [6.45, 7) is 5.73. The van der Waals surface area contributed by atoms with Crippen LogP contribution in [-0.2, 0) is 13.6 Å². The van der Waals surface area contributed by atoms with E-state index in [1.165, 1.54) is 89.9 Å². The lowest BCUT2D eigenvalue weighted by Crippen LogP contribution is -2.49. The Labute approximate surface area is 180 Å². The summed E-state index contributed by atoms with van der Waals surface area (Å²) < 4.78 is 22.9. The van der Waals surface area contributed by atoms with Crippen molar-refractivity contribution in [3.63, 3.8) is 0 Å². The molecule has 1 saturated heterocycles. The van der Waals surface area contributed by atoms with Gasteiger partial charge in [0.05, 0.1) is 26.7 Å². The van der Waals surface area contributed by atoms with Crippen LogP contribution in [-0.4, -0.2) is 44.4 Å². The molecule has 1 heterocycles. The van der Waals surface area contributed by atoms with Crippen LogP contribution in [0.15, 0.2) is 0 Å². The number of hydrogen-bond donors (Lipinski definition) is 0. The van der Waals surface area contributed by atoms with Crippen LogP contribution >= 0.6 is 7.82 Å². The van der Waals surface area contributed by atoms with Crippen molar-refractivity contribution in [2.24, 2.45) is 0 Å². The molecule has 0 radical (unpaired) electrons. The molecule has 5 nitrogen and oxygen atoms in total. The van der Waals surface area contributed by atoms with Gasteiger partial charge in [-0.2, -0.15) is 0 Å². The minimum absolute atomic E-state index is 0.232. The second-order valence-corrected chi connectivity index (χ2v) is 10.6. The van der Waals surface area contributed by atoms with Gasteiger partial charge in [0.2, 0.25) is 0 Å². The van der Waals surface area contributed by atoms with Crippen LogP contribution in [0.5, 0.6) is 0 Å². The van der Waals surface area contributed by atoms with Gasteiger partial charge in [-0.25, -0.2) is 0 Å². The molecule has 0 spiro atoms. The number of likely N-dealkylation sites (N-methyl/N-ethyl adjacent to an activating group) is 1. The van der Waals surface area contributed by atoms with E-state index in [9.17, 15) is 9.46 Å². The number of rotatable bonds is 19. The first kappa shape index (κ1) is 27.1. The topological polar surface area (TPSA) is 58.6 Å². The predicted octanol–water partition coefficient (Wildman–Crippen LogP) is 6.21. The first-order valence-corrected chi connectivity index (χ1v) is 13.9. The number of hydrogen-bond acceptors (Lipinski definition) is 4. The summed E-state index contributed by atoms with van der Waals surface area (Å²) >= 11 is 0. The third kappa shape index (κ3) is 15.5. The van der Waals surface area contributed by atoms with Crippen LogP contribution in [0, 0.1) is 0 Å². The Morgan fingerprint density at radius 1 is 0.724 bits per heavy atom. The summed E-state index contributed by atoms with van der Waals surface area (Å²) in [5, 5.41) is 0. The van der Waals surface area contributed by atoms with Gasteiger partial charge in [-0.05, 0) is 25.7 Å². The lowest BCUT2D eigenvalue weighted by molar-refractivity contribution is -0.914. The molecule has 0 aromatic heterocycles. The number of quaternary nitrogens is 1. The van der Waals surface area contributed by atoms with Crippen molar-refractivity contribution in [2.45, 2.75) is 110 Å². The predicted molar refractivity (Wildman–Crippen MR) is 120 cm³/mol. The van der Waals surface area contributed by atoms with Crippen LogP contribution in [0.3, 0.4) is 0 Å². The molecule has 1 aliphatic heterocycles. The smallest absolute Gasteiger partial charge is 0.268 e. The maximum absolute atomic E-state index is 11.9. The Kier molecular flexibility index (Phi) is 15.6. The van der Waals surface area contributed by atoms with Gasteiger partial charge in [-0.3, -0.25) is 4.57 Å². The molecular weight excluding hydrogens is 385 g/mol. The summed E-state index contributed by atoms with van der Waals surface area (Å²) in [7, 11) is -1.95. The molecule has 1 rings (SSSR count). The van der Waals surface area contributed by atoms with Gasteiger partial charge in [0.15, 0.2) is 0 Å². The van der Waals surface area contributed by atoms with Crippen molar-refractivity contribution < 1.29 is 23.0 Å². The Bertz CT molecular complexity index is 427. The third-order valence-electron chi connectivity index (χ3n) is 6.27. The van der Waals surface area contributed by atoms with Gasteiger partial charge >= 0.3 is 0 Å². The molecule has 6 heteroatoms. The molecular formula is C23H48NO4P. The zero-order valence-electron chi connectivity index (χ0n) is 19.4. The molecule has 1 fully saturated rings. The summed E-state index contributed by atoms with van der Waals surface area (Å²) in [6, 6.07) is 0. The number of phosphoric ester groups is 1. The lowest BCUT2D eigenvalue weighted by Gasteiger charge is -2.38. The van der Waals surface area contributed by atoms with E-state index in [0.717, 1.165) is 37.0 Å². The molecule has 1 unspecified atom stereocenters. The van der Waals surface area contributed by atoms with Crippen molar-refractivity contribution in [3.05, 3.63) is 0 Å². The number of phosphoric acid groups is 1. The molecule has 0 bridgehead atoms. The van der Waals surface area contributed by atoms with Crippen molar-refractivity contribution in [3.8, 4) is 0 Å². The van der Waals surface area contributed by atoms with Crippen molar-refractivity contribution >= 4 is 7.82 Å². The van der Waals surface area contributed by atoms with Gasteiger partial charge in [-0.1, -0.05) is 84.0 Å². The standard InChI is InChI=1S/C23H48NO4P/c1-3-4-5-6-7-8-9-10-11-12-13-14-18-22-27-29(25,26)28-23-21-24(2)19-16-15-17-20-24/h3-23H2,1-2H3. The third-order valence-corrected chi connectivity index (χ3v) is 7.27. The van der Waals surface area contributed by atoms with E-state index >= 15 is 0 Å². The molecule has 174 valence electrons. The molecule has 0 saturated carbocycles. The monoisotopic (exact) mass is 433 g/mol. The molecule has 29 heavy (non-hydrogen) atoms. The normalized spacial score (nSPS) is 18.6. The second kappa shape index (κ2) is 16.7. The van der Waals surface area contributed by atoms with Gasteiger partial charge in [-0.15, -0.1) is 0 Å². The van der Waals surface area contributed by atoms with E-state index in [1.54, 1.807) is 0 Å². The van der Waals surface area contributed by atoms with E-state index in [1.807, 2.05) is 0 Å². The first-order valence-electron chi connectivity index (χ1n) is 12.4. The van der Waals surface area contributed by atoms with Gasteiger partial charge in [0.25, 0.3) is 7.82 Å². The van der Waals surface area contributed by atoms with Crippen molar-refractivity contribution in [2.75, 3.05) is 39.9 Å². The van der Waals surface area contributed by atoms with E-state index in [0.29, 0.717) is 0 Å². The fraction of sp³-hybridized carbons (Fsp3) is 1.00. The lowest BCUT2D eigenvalue weighted by atomic mass is 10.0. The highest BCUT2D eigenvalue weighted by Gasteiger charge is 2.25. The first-order chi connectivity index (χ1) is 14.0. The SMILES string of the molecule is CCCCCCCCCCCCCCCOP(=O)([O-])OCC[N+]1(C)CCCCC1. The molecule has 0 amide bonds. The highest BCUT2D eigenvalue weighted by molar-refractivity contribution is 7.45. The van der Waals surface area contributed by atoms with E-state index < -0.39 is 7.82 Å². The second-order valence-electron chi connectivity index (χ2n) is 9.21. The average Bonchev–Trinajstić information content (AvgIpc) is 2.68. The Morgan fingerprint density at radius 3 is 1.69 bits per heavy atom. The van der Waals surface area contributed by atoms with E-state index in [4.69, 9.17) is 9.05 Å². The zero-order chi connectivity index (χ0) is 21.3. The summed E-state index contributed by atoms with van der Waals surface area (Å²) in [5.41, 5.74) is 0.